The van der Waals surface area contributed by atoms with E-state index in [-0.39, 0.29) is 5.91 Å². The third-order valence-corrected chi connectivity index (χ3v) is 4.52. The number of halogens is 1. The molecule has 0 bridgehead atoms. The standard InChI is InChI=1S/C13H17BrN2O/c1-9-4-3-7-15-12(9)13(17)16-8-10-5-2-6-11(10)14/h3-4,7,10-11H,2,5-6,8H2,1H3,(H,16,17). The summed E-state index contributed by atoms with van der Waals surface area (Å²) in [6.45, 7) is 2.65. The molecule has 0 saturated heterocycles. The van der Waals surface area contributed by atoms with Crippen molar-refractivity contribution in [1.29, 1.82) is 0 Å². The minimum absolute atomic E-state index is 0.0605. The number of nitrogens with one attached hydrogen (secondary N) is 1. The van der Waals surface area contributed by atoms with E-state index < -0.39 is 0 Å². The Bertz CT molecular complexity index is 408. The molecule has 2 unspecified atom stereocenters. The molecule has 1 aliphatic carbocycles. The number of carbonyl (C=O) groups excluding carboxylic acids is 1. The molecule has 2 atom stereocenters. The zero-order valence-electron chi connectivity index (χ0n) is 9.95. The van der Waals surface area contributed by atoms with Gasteiger partial charge in [0, 0.05) is 17.6 Å². The molecule has 1 saturated carbocycles. The first-order chi connectivity index (χ1) is 8.18. The predicted molar refractivity (Wildman–Crippen MR) is 71.4 cm³/mol. The van der Waals surface area contributed by atoms with Gasteiger partial charge in [-0.2, -0.15) is 0 Å². The number of amides is 1. The lowest BCUT2D eigenvalue weighted by atomic mass is 10.1. The maximum absolute atomic E-state index is 11.9. The molecule has 1 N–H and O–H groups in total. The third kappa shape index (κ3) is 3.06. The molecular formula is C13H17BrN2O. The second kappa shape index (κ2) is 5.63. The summed E-state index contributed by atoms with van der Waals surface area (Å²) in [5.74, 6) is 0.498. The van der Waals surface area contributed by atoms with Crippen LogP contribution in [0.2, 0.25) is 0 Å². The molecule has 92 valence electrons. The van der Waals surface area contributed by atoms with Crippen molar-refractivity contribution < 1.29 is 4.79 Å². The number of rotatable bonds is 3. The molecule has 0 radical (unpaired) electrons. The molecule has 1 fully saturated rings. The average molecular weight is 297 g/mol. The summed E-state index contributed by atoms with van der Waals surface area (Å²) in [6, 6.07) is 3.75. The van der Waals surface area contributed by atoms with Crippen molar-refractivity contribution in [2.24, 2.45) is 5.92 Å². The van der Waals surface area contributed by atoms with Gasteiger partial charge in [-0.1, -0.05) is 28.4 Å². The van der Waals surface area contributed by atoms with Crippen molar-refractivity contribution in [3.8, 4) is 0 Å². The Morgan fingerprint density at radius 2 is 2.41 bits per heavy atom. The van der Waals surface area contributed by atoms with Crippen molar-refractivity contribution in [3.05, 3.63) is 29.6 Å². The molecule has 0 aliphatic heterocycles. The second-order valence-corrected chi connectivity index (χ2v) is 5.76. The van der Waals surface area contributed by atoms with E-state index in [0.717, 1.165) is 12.1 Å². The number of carbonyl (C=O) groups is 1. The van der Waals surface area contributed by atoms with Crippen LogP contribution < -0.4 is 5.32 Å². The van der Waals surface area contributed by atoms with E-state index in [1.165, 1.54) is 19.3 Å². The van der Waals surface area contributed by atoms with Crippen LogP contribution in [0.3, 0.4) is 0 Å². The highest BCUT2D eigenvalue weighted by Crippen LogP contribution is 2.30. The number of aromatic nitrogens is 1. The van der Waals surface area contributed by atoms with Gasteiger partial charge in [-0.05, 0) is 37.3 Å². The van der Waals surface area contributed by atoms with Gasteiger partial charge < -0.3 is 5.32 Å². The smallest absolute Gasteiger partial charge is 0.270 e. The summed E-state index contributed by atoms with van der Waals surface area (Å²) in [6.07, 6.45) is 5.31. The molecular weight excluding hydrogens is 280 g/mol. The Hall–Kier alpha value is -0.900. The number of hydrogen-bond donors (Lipinski definition) is 1. The third-order valence-electron chi connectivity index (χ3n) is 3.32. The van der Waals surface area contributed by atoms with Crippen LogP contribution in [0.5, 0.6) is 0 Å². The Balaban J connectivity index is 1.91. The zero-order chi connectivity index (χ0) is 12.3. The highest BCUT2D eigenvalue weighted by Gasteiger charge is 2.25. The van der Waals surface area contributed by atoms with Crippen molar-refractivity contribution in [1.82, 2.24) is 10.3 Å². The Morgan fingerprint density at radius 1 is 1.59 bits per heavy atom. The van der Waals surface area contributed by atoms with Crippen LogP contribution in [-0.4, -0.2) is 22.3 Å². The number of hydrogen-bond acceptors (Lipinski definition) is 2. The van der Waals surface area contributed by atoms with Crippen LogP contribution in [-0.2, 0) is 0 Å². The van der Waals surface area contributed by atoms with Crippen molar-refractivity contribution in [2.75, 3.05) is 6.54 Å². The molecule has 0 spiro atoms. The highest BCUT2D eigenvalue weighted by molar-refractivity contribution is 9.09. The van der Waals surface area contributed by atoms with Crippen LogP contribution in [0, 0.1) is 12.8 Å². The molecule has 1 aromatic heterocycles. The fourth-order valence-corrected chi connectivity index (χ4v) is 3.03. The average Bonchev–Trinajstić information content (AvgIpc) is 2.72. The molecule has 2 rings (SSSR count). The first kappa shape index (κ1) is 12.6. The van der Waals surface area contributed by atoms with Gasteiger partial charge in [-0.25, -0.2) is 0 Å². The second-order valence-electron chi connectivity index (χ2n) is 4.59. The largest absolute Gasteiger partial charge is 0.350 e. The topological polar surface area (TPSA) is 42.0 Å². The lowest BCUT2D eigenvalue weighted by molar-refractivity contribution is 0.0942. The Labute approximate surface area is 110 Å². The summed E-state index contributed by atoms with van der Waals surface area (Å²) in [7, 11) is 0. The molecule has 0 aromatic carbocycles. The highest BCUT2D eigenvalue weighted by atomic mass is 79.9. The molecule has 4 heteroatoms. The van der Waals surface area contributed by atoms with Crippen molar-refractivity contribution >= 4 is 21.8 Å². The van der Waals surface area contributed by atoms with Crippen LogP contribution in [0.25, 0.3) is 0 Å². The predicted octanol–water partition coefficient (Wildman–Crippen LogP) is 2.68. The number of alkyl halides is 1. The maximum Gasteiger partial charge on any atom is 0.270 e. The van der Waals surface area contributed by atoms with Crippen LogP contribution in [0.15, 0.2) is 18.3 Å². The van der Waals surface area contributed by atoms with Gasteiger partial charge in [0.2, 0.25) is 0 Å². The molecule has 17 heavy (non-hydrogen) atoms. The summed E-state index contributed by atoms with van der Waals surface area (Å²) in [5.41, 5.74) is 1.46. The van der Waals surface area contributed by atoms with Crippen LogP contribution in [0.4, 0.5) is 0 Å². The van der Waals surface area contributed by atoms with E-state index in [4.69, 9.17) is 0 Å². The van der Waals surface area contributed by atoms with Crippen molar-refractivity contribution in [3.63, 3.8) is 0 Å². The fraction of sp³-hybridized carbons (Fsp3) is 0.538. The monoisotopic (exact) mass is 296 g/mol. The maximum atomic E-state index is 11.9. The van der Waals surface area contributed by atoms with Crippen LogP contribution in [0.1, 0.15) is 35.3 Å². The summed E-state index contributed by atoms with van der Waals surface area (Å²) >= 11 is 3.66. The van der Waals surface area contributed by atoms with E-state index in [2.05, 4.69) is 26.2 Å². The lowest BCUT2D eigenvalue weighted by Crippen LogP contribution is -2.31. The van der Waals surface area contributed by atoms with Gasteiger partial charge in [0.15, 0.2) is 0 Å². The van der Waals surface area contributed by atoms with Gasteiger partial charge in [0.1, 0.15) is 5.69 Å². The fourth-order valence-electron chi connectivity index (χ4n) is 2.25. The summed E-state index contributed by atoms with van der Waals surface area (Å²) in [4.78, 5) is 16.6. The SMILES string of the molecule is Cc1cccnc1C(=O)NCC1CCCC1Br. The number of pyridine rings is 1. The first-order valence-corrected chi connectivity index (χ1v) is 6.94. The Kier molecular flexibility index (Phi) is 4.15. The van der Waals surface area contributed by atoms with E-state index >= 15 is 0 Å². The molecule has 1 aliphatic rings. The van der Waals surface area contributed by atoms with Gasteiger partial charge >= 0.3 is 0 Å². The normalized spacial score (nSPS) is 23.6. The van der Waals surface area contributed by atoms with Gasteiger partial charge in [0.25, 0.3) is 5.91 Å². The molecule has 3 nitrogen and oxygen atoms in total. The van der Waals surface area contributed by atoms with Gasteiger partial charge in [-0.15, -0.1) is 0 Å². The zero-order valence-corrected chi connectivity index (χ0v) is 11.5. The van der Waals surface area contributed by atoms with E-state index in [0.29, 0.717) is 16.4 Å². The summed E-state index contributed by atoms with van der Waals surface area (Å²) < 4.78 is 0. The van der Waals surface area contributed by atoms with E-state index in [1.807, 2.05) is 19.1 Å². The molecule has 1 amide bonds. The lowest BCUT2D eigenvalue weighted by Gasteiger charge is -2.14. The van der Waals surface area contributed by atoms with Crippen LogP contribution >= 0.6 is 15.9 Å². The molecule has 1 aromatic rings. The van der Waals surface area contributed by atoms with Gasteiger partial charge in [0.05, 0.1) is 0 Å². The Morgan fingerprint density at radius 3 is 3.06 bits per heavy atom. The van der Waals surface area contributed by atoms with E-state index in [9.17, 15) is 4.79 Å². The molecule has 1 heterocycles. The number of nitrogens with zero attached hydrogens (tertiary/aromatic N) is 1. The van der Waals surface area contributed by atoms with E-state index in [1.54, 1.807) is 6.20 Å². The number of aryl methyl sites for hydroxylation is 1. The quantitative estimate of drug-likeness (QED) is 0.872. The van der Waals surface area contributed by atoms with Crippen molar-refractivity contribution in [2.45, 2.75) is 31.0 Å². The first-order valence-electron chi connectivity index (χ1n) is 6.02. The summed E-state index contributed by atoms with van der Waals surface area (Å²) in [5, 5.41) is 2.98. The minimum Gasteiger partial charge on any atom is -0.350 e. The minimum atomic E-state index is -0.0605. The van der Waals surface area contributed by atoms with Gasteiger partial charge in [-0.3, -0.25) is 9.78 Å².